The van der Waals surface area contributed by atoms with Gasteiger partial charge < -0.3 is 15.0 Å². The van der Waals surface area contributed by atoms with Crippen molar-refractivity contribution in [2.45, 2.75) is 19.3 Å². The Morgan fingerprint density at radius 1 is 1.08 bits per heavy atom. The number of carbonyl (C=O) groups is 1. The monoisotopic (exact) mass is 506 g/mol. The lowest BCUT2D eigenvalue weighted by molar-refractivity contribution is 0.0932. The molecule has 0 saturated heterocycles. The van der Waals surface area contributed by atoms with E-state index in [2.05, 4.69) is 26.3 Å². The molecule has 0 atom stereocenters. The average molecular weight is 507 g/mol. The Morgan fingerprint density at radius 3 is 2.53 bits per heavy atom. The first-order valence-electron chi connectivity index (χ1n) is 12.1. The molecule has 3 aromatic heterocycles. The molecule has 5 rings (SSSR count). The molecular formula is C29H26N6O3. The summed E-state index contributed by atoms with van der Waals surface area (Å²) in [5, 5.41) is 13.0. The van der Waals surface area contributed by atoms with Gasteiger partial charge in [0.15, 0.2) is 0 Å². The summed E-state index contributed by atoms with van der Waals surface area (Å²) in [6.07, 6.45) is 3.31. The molecule has 0 fully saturated rings. The summed E-state index contributed by atoms with van der Waals surface area (Å²) in [6, 6.07) is 19.1. The number of amides is 1. The molecule has 0 aliphatic carbocycles. The molecule has 0 spiro atoms. The van der Waals surface area contributed by atoms with Crippen LogP contribution in [0.15, 0.2) is 71.8 Å². The molecule has 9 nitrogen and oxygen atoms in total. The molecule has 0 unspecified atom stereocenters. The van der Waals surface area contributed by atoms with Crippen molar-refractivity contribution < 1.29 is 9.53 Å². The molecule has 0 aliphatic heterocycles. The summed E-state index contributed by atoms with van der Waals surface area (Å²) >= 11 is 0. The fourth-order valence-corrected chi connectivity index (χ4v) is 4.36. The number of nitriles is 1. The van der Waals surface area contributed by atoms with E-state index in [-0.39, 0.29) is 11.6 Å². The number of methoxy groups -OCH3 is 1. The van der Waals surface area contributed by atoms with E-state index in [1.165, 1.54) is 0 Å². The van der Waals surface area contributed by atoms with E-state index in [4.69, 9.17) is 4.74 Å². The SMILES string of the molecule is COCCNC(=O)c1ccc(-c2ccc3ncc4[nH]c(=O)n(-c5ccc(C(C)(C)C#N)cc5)c4c3c2)cn1. The number of carbonyl (C=O) groups excluding carboxylic acids is 1. The number of rotatable bonds is 7. The van der Waals surface area contributed by atoms with Crippen molar-refractivity contribution in [3.05, 3.63) is 88.7 Å². The number of aromatic amines is 1. The smallest absolute Gasteiger partial charge is 0.331 e. The zero-order valence-electron chi connectivity index (χ0n) is 21.3. The minimum absolute atomic E-state index is 0.265. The third kappa shape index (κ3) is 4.53. The predicted octanol–water partition coefficient (Wildman–Crippen LogP) is 4.11. The Kier molecular flexibility index (Phi) is 6.49. The fraction of sp³-hybridized carbons (Fsp3) is 0.207. The van der Waals surface area contributed by atoms with Gasteiger partial charge in [-0.2, -0.15) is 5.26 Å². The average Bonchev–Trinajstić information content (AvgIpc) is 3.29. The molecule has 1 amide bonds. The van der Waals surface area contributed by atoms with Crippen LogP contribution in [0.1, 0.15) is 29.9 Å². The maximum absolute atomic E-state index is 13.0. The van der Waals surface area contributed by atoms with Crippen molar-refractivity contribution in [3.63, 3.8) is 0 Å². The Morgan fingerprint density at radius 2 is 1.84 bits per heavy atom. The van der Waals surface area contributed by atoms with Gasteiger partial charge in [-0.1, -0.05) is 24.3 Å². The number of aromatic nitrogens is 4. The zero-order chi connectivity index (χ0) is 26.9. The molecule has 0 radical (unpaired) electrons. The van der Waals surface area contributed by atoms with E-state index in [0.29, 0.717) is 35.6 Å². The number of nitrogens with one attached hydrogen (secondary N) is 2. The van der Waals surface area contributed by atoms with Crippen molar-refractivity contribution in [1.82, 2.24) is 24.8 Å². The molecule has 0 aliphatic rings. The van der Waals surface area contributed by atoms with Gasteiger partial charge in [-0.25, -0.2) is 4.79 Å². The van der Waals surface area contributed by atoms with Crippen molar-refractivity contribution in [2.24, 2.45) is 0 Å². The fourth-order valence-electron chi connectivity index (χ4n) is 4.36. The lowest BCUT2D eigenvalue weighted by Crippen LogP contribution is -2.27. The van der Waals surface area contributed by atoms with Crippen LogP contribution in [0.3, 0.4) is 0 Å². The Bertz CT molecular complexity index is 1740. The number of imidazole rings is 1. The van der Waals surface area contributed by atoms with Gasteiger partial charge >= 0.3 is 5.69 Å². The van der Waals surface area contributed by atoms with Crippen molar-refractivity contribution in [2.75, 3.05) is 20.3 Å². The van der Waals surface area contributed by atoms with Crippen LogP contribution in [0.4, 0.5) is 0 Å². The molecule has 38 heavy (non-hydrogen) atoms. The third-order valence-corrected chi connectivity index (χ3v) is 6.56. The van der Waals surface area contributed by atoms with Crippen LogP contribution in [-0.4, -0.2) is 45.7 Å². The van der Waals surface area contributed by atoms with E-state index in [9.17, 15) is 14.9 Å². The minimum atomic E-state index is -0.636. The summed E-state index contributed by atoms with van der Waals surface area (Å²) in [4.78, 5) is 37.1. The summed E-state index contributed by atoms with van der Waals surface area (Å²) < 4.78 is 6.58. The highest BCUT2D eigenvalue weighted by Crippen LogP contribution is 2.30. The van der Waals surface area contributed by atoms with Crippen LogP contribution in [0.25, 0.3) is 38.8 Å². The molecule has 2 aromatic carbocycles. The van der Waals surface area contributed by atoms with Gasteiger partial charge in [-0.05, 0) is 55.3 Å². The van der Waals surface area contributed by atoms with E-state index >= 15 is 0 Å². The van der Waals surface area contributed by atoms with E-state index in [0.717, 1.165) is 27.6 Å². The largest absolute Gasteiger partial charge is 0.383 e. The zero-order valence-corrected chi connectivity index (χ0v) is 21.3. The third-order valence-electron chi connectivity index (χ3n) is 6.56. The summed E-state index contributed by atoms with van der Waals surface area (Å²) in [7, 11) is 1.58. The summed E-state index contributed by atoms with van der Waals surface area (Å²) in [5.74, 6) is -0.265. The molecule has 0 saturated carbocycles. The minimum Gasteiger partial charge on any atom is -0.383 e. The second kappa shape index (κ2) is 9.92. The predicted molar refractivity (Wildman–Crippen MR) is 145 cm³/mol. The number of hydrogen-bond acceptors (Lipinski definition) is 6. The number of pyridine rings is 2. The van der Waals surface area contributed by atoms with Gasteiger partial charge in [0.05, 0.1) is 46.5 Å². The van der Waals surface area contributed by atoms with Gasteiger partial charge in [0.2, 0.25) is 0 Å². The van der Waals surface area contributed by atoms with Crippen LogP contribution in [-0.2, 0) is 10.2 Å². The van der Waals surface area contributed by atoms with Gasteiger partial charge in [0.25, 0.3) is 5.91 Å². The topological polar surface area (TPSA) is 126 Å². The Balaban J connectivity index is 1.56. The van der Waals surface area contributed by atoms with Crippen molar-refractivity contribution in [1.29, 1.82) is 5.26 Å². The number of ether oxygens (including phenoxy) is 1. The number of hydrogen-bond donors (Lipinski definition) is 2. The van der Waals surface area contributed by atoms with Crippen LogP contribution >= 0.6 is 0 Å². The molecule has 0 bridgehead atoms. The highest BCUT2D eigenvalue weighted by Gasteiger charge is 2.20. The van der Waals surface area contributed by atoms with Crippen LogP contribution < -0.4 is 11.0 Å². The first-order valence-corrected chi connectivity index (χ1v) is 12.1. The lowest BCUT2D eigenvalue weighted by Gasteiger charge is -2.16. The normalized spacial score (nSPS) is 11.5. The number of fused-ring (bicyclic) bond motifs is 3. The molecular weight excluding hydrogens is 480 g/mol. The molecule has 2 N–H and O–H groups in total. The standard InChI is InChI=1S/C29H26N6O3/c1-29(2,17-30)20-6-8-21(9-7-20)35-26-22-14-18(4-10-23(22)33-16-25(26)34-28(35)37)19-5-11-24(32-15-19)27(36)31-12-13-38-3/h4-11,14-16H,12-13H2,1-3H3,(H,31,36)(H,34,37). The molecule has 9 heteroatoms. The van der Waals surface area contributed by atoms with Crippen LogP contribution in [0.2, 0.25) is 0 Å². The van der Waals surface area contributed by atoms with Crippen molar-refractivity contribution >= 4 is 27.8 Å². The highest BCUT2D eigenvalue weighted by atomic mass is 16.5. The van der Waals surface area contributed by atoms with Crippen LogP contribution in [0, 0.1) is 11.3 Å². The van der Waals surface area contributed by atoms with Gasteiger partial charge in [-0.15, -0.1) is 0 Å². The second-order valence-electron chi connectivity index (χ2n) is 9.48. The Labute approximate surface area is 218 Å². The summed E-state index contributed by atoms with van der Waals surface area (Å²) in [6.45, 7) is 4.55. The maximum atomic E-state index is 13.0. The highest BCUT2D eigenvalue weighted by molar-refractivity contribution is 6.04. The van der Waals surface area contributed by atoms with Gasteiger partial charge in [0, 0.05) is 30.8 Å². The lowest BCUT2D eigenvalue weighted by atomic mass is 9.86. The van der Waals surface area contributed by atoms with E-state index in [1.54, 1.807) is 30.1 Å². The molecule has 3 heterocycles. The van der Waals surface area contributed by atoms with Gasteiger partial charge in [-0.3, -0.25) is 19.3 Å². The Hall–Kier alpha value is -4.81. The number of H-pyrrole nitrogens is 1. The number of benzene rings is 2. The summed E-state index contributed by atoms with van der Waals surface area (Å²) in [5.41, 5.74) is 4.70. The molecule has 190 valence electrons. The first-order chi connectivity index (χ1) is 18.3. The number of nitrogens with zero attached hydrogens (tertiary/aromatic N) is 4. The van der Waals surface area contributed by atoms with Crippen molar-refractivity contribution in [3.8, 4) is 22.9 Å². The first kappa shape index (κ1) is 24.9. The van der Waals surface area contributed by atoms with E-state index < -0.39 is 5.41 Å². The van der Waals surface area contributed by atoms with Crippen LogP contribution in [0.5, 0.6) is 0 Å². The quantitative estimate of drug-likeness (QED) is 0.320. The van der Waals surface area contributed by atoms with E-state index in [1.807, 2.05) is 62.4 Å². The van der Waals surface area contributed by atoms with Gasteiger partial charge in [0.1, 0.15) is 5.69 Å². The maximum Gasteiger partial charge on any atom is 0.331 e. The second-order valence-corrected chi connectivity index (χ2v) is 9.48. The molecule has 5 aromatic rings.